The molecule has 0 amide bonds. The summed E-state index contributed by atoms with van der Waals surface area (Å²) < 4.78 is 13.3. The third-order valence-corrected chi connectivity index (χ3v) is 2.97. The lowest BCUT2D eigenvalue weighted by Crippen LogP contribution is -1.98. The van der Waals surface area contributed by atoms with E-state index >= 15 is 0 Å². The van der Waals surface area contributed by atoms with Crippen LogP contribution in [0.2, 0.25) is 5.02 Å². The van der Waals surface area contributed by atoms with E-state index in [-0.39, 0.29) is 33.2 Å². The standard InChI is InChI=1S/C13H7ClFN5O2/c14-10-2-9(20(21)22)1-7(3-16)13(10)19-5-8-4-18-6-11(15)12(8)17/h1-2,4-6H,(H2,17,18). The van der Waals surface area contributed by atoms with E-state index in [1.807, 2.05) is 0 Å². The summed E-state index contributed by atoms with van der Waals surface area (Å²) in [5.41, 5.74) is 5.18. The predicted octanol–water partition coefficient (Wildman–Crippen LogP) is 2.99. The molecule has 1 heterocycles. The van der Waals surface area contributed by atoms with Gasteiger partial charge in [-0.3, -0.25) is 20.1 Å². The Bertz CT molecular complexity index is 832. The number of aliphatic imine (C=N–C) groups is 1. The molecule has 0 atom stereocenters. The van der Waals surface area contributed by atoms with Crippen LogP contribution in [0, 0.1) is 27.3 Å². The van der Waals surface area contributed by atoms with Crippen molar-refractivity contribution in [2.75, 3.05) is 5.73 Å². The lowest BCUT2D eigenvalue weighted by atomic mass is 10.1. The molecule has 7 nitrogen and oxygen atoms in total. The molecule has 0 unspecified atom stereocenters. The lowest BCUT2D eigenvalue weighted by molar-refractivity contribution is -0.384. The van der Waals surface area contributed by atoms with Crippen molar-refractivity contribution in [3.63, 3.8) is 0 Å². The van der Waals surface area contributed by atoms with Crippen molar-refractivity contribution in [1.29, 1.82) is 5.26 Å². The average Bonchev–Trinajstić information content (AvgIpc) is 2.49. The van der Waals surface area contributed by atoms with Crippen molar-refractivity contribution in [3.05, 3.63) is 56.6 Å². The monoisotopic (exact) mass is 319 g/mol. The number of nitrogens with zero attached hydrogens (tertiary/aromatic N) is 4. The SMILES string of the molecule is N#Cc1cc([N+](=O)[O-])cc(Cl)c1N=Cc1cncc(F)c1N. The number of nitro benzene ring substituents is 1. The second-order valence-corrected chi connectivity index (χ2v) is 4.48. The van der Waals surface area contributed by atoms with Gasteiger partial charge in [-0.2, -0.15) is 5.26 Å². The first-order valence-electron chi connectivity index (χ1n) is 5.75. The van der Waals surface area contributed by atoms with Crippen LogP contribution in [0.3, 0.4) is 0 Å². The van der Waals surface area contributed by atoms with Crippen LogP contribution in [0.1, 0.15) is 11.1 Å². The molecule has 1 aromatic carbocycles. The molecule has 1 aromatic heterocycles. The van der Waals surface area contributed by atoms with Crippen LogP contribution in [0.5, 0.6) is 0 Å². The number of non-ortho nitro benzene ring substituents is 1. The maximum absolute atomic E-state index is 13.3. The molecular weight excluding hydrogens is 313 g/mol. The quantitative estimate of drug-likeness (QED) is 0.530. The Morgan fingerprint density at radius 2 is 2.23 bits per heavy atom. The number of nitriles is 1. The minimum absolute atomic E-state index is 0.0263. The van der Waals surface area contributed by atoms with Gasteiger partial charge in [0.1, 0.15) is 6.07 Å². The molecule has 2 aromatic rings. The summed E-state index contributed by atoms with van der Waals surface area (Å²) >= 11 is 5.90. The highest BCUT2D eigenvalue weighted by Crippen LogP contribution is 2.33. The summed E-state index contributed by atoms with van der Waals surface area (Å²) in [5, 5.41) is 19.7. The average molecular weight is 320 g/mol. The van der Waals surface area contributed by atoms with Gasteiger partial charge in [0, 0.05) is 30.1 Å². The fourth-order valence-electron chi connectivity index (χ4n) is 1.60. The van der Waals surface area contributed by atoms with E-state index in [9.17, 15) is 14.5 Å². The molecule has 0 saturated carbocycles. The second-order valence-electron chi connectivity index (χ2n) is 4.08. The van der Waals surface area contributed by atoms with Gasteiger partial charge in [0.05, 0.1) is 33.1 Å². The van der Waals surface area contributed by atoms with Crippen molar-refractivity contribution >= 4 is 34.9 Å². The molecule has 110 valence electrons. The van der Waals surface area contributed by atoms with E-state index in [2.05, 4.69) is 9.98 Å². The largest absolute Gasteiger partial charge is 0.396 e. The molecular formula is C13H7ClFN5O2. The van der Waals surface area contributed by atoms with Gasteiger partial charge in [-0.05, 0) is 0 Å². The molecule has 0 aliphatic rings. The highest BCUT2D eigenvalue weighted by atomic mass is 35.5. The Morgan fingerprint density at radius 3 is 2.86 bits per heavy atom. The topological polar surface area (TPSA) is 118 Å². The maximum atomic E-state index is 13.3. The second kappa shape index (κ2) is 6.15. The zero-order chi connectivity index (χ0) is 16.3. The Morgan fingerprint density at radius 1 is 1.50 bits per heavy atom. The first kappa shape index (κ1) is 15.3. The molecule has 0 aliphatic carbocycles. The number of hydrogen-bond donors (Lipinski definition) is 1. The van der Waals surface area contributed by atoms with Crippen LogP contribution < -0.4 is 5.73 Å². The van der Waals surface area contributed by atoms with Gasteiger partial charge >= 0.3 is 0 Å². The summed E-state index contributed by atoms with van der Waals surface area (Å²) in [5.74, 6) is -0.709. The summed E-state index contributed by atoms with van der Waals surface area (Å²) in [7, 11) is 0. The highest BCUT2D eigenvalue weighted by molar-refractivity contribution is 6.33. The van der Waals surface area contributed by atoms with Crippen molar-refractivity contribution in [2.45, 2.75) is 0 Å². The van der Waals surface area contributed by atoms with Crippen LogP contribution >= 0.6 is 11.6 Å². The molecule has 2 rings (SSSR count). The van der Waals surface area contributed by atoms with E-state index < -0.39 is 10.7 Å². The predicted molar refractivity (Wildman–Crippen MR) is 78.7 cm³/mol. The highest BCUT2D eigenvalue weighted by Gasteiger charge is 2.15. The summed E-state index contributed by atoms with van der Waals surface area (Å²) in [6.07, 6.45) is 3.42. The number of nitrogens with two attached hydrogens (primary N) is 1. The van der Waals surface area contributed by atoms with Gasteiger partial charge in [0.2, 0.25) is 0 Å². The van der Waals surface area contributed by atoms with E-state index in [1.54, 1.807) is 6.07 Å². The molecule has 0 spiro atoms. The molecule has 22 heavy (non-hydrogen) atoms. The number of benzene rings is 1. The Hall–Kier alpha value is -3.05. The van der Waals surface area contributed by atoms with Crippen molar-refractivity contribution in [2.24, 2.45) is 4.99 Å². The third kappa shape index (κ3) is 2.99. The Balaban J connectivity index is 2.50. The van der Waals surface area contributed by atoms with Crippen LogP contribution in [0.15, 0.2) is 29.5 Å². The number of rotatable bonds is 3. The van der Waals surface area contributed by atoms with Gasteiger partial charge in [-0.1, -0.05) is 11.6 Å². The van der Waals surface area contributed by atoms with Gasteiger partial charge in [-0.25, -0.2) is 4.39 Å². The van der Waals surface area contributed by atoms with E-state index in [4.69, 9.17) is 22.6 Å². The minimum Gasteiger partial charge on any atom is -0.396 e. The Kier molecular flexibility index (Phi) is 4.29. The molecule has 9 heteroatoms. The van der Waals surface area contributed by atoms with E-state index in [0.717, 1.165) is 18.3 Å². The van der Waals surface area contributed by atoms with Crippen LogP contribution in [-0.4, -0.2) is 16.1 Å². The first-order chi connectivity index (χ1) is 10.4. The van der Waals surface area contributed by atoms with Gasteiger partial charge in [0.15, 0.2) is 5.82 Å². The number of nitro groups is 1. The molecule has 0 radical (unpaired) electrons. The van der Waals surface area contributed by atoms with Gasteiger partial charge in [0.25, 0.3) is 5.69 Å². The van der Waals surface area contributed by atoms with Gasteiger partial charge < -0.3 is 5.73 Å². The normalized spacial score (nSPS) is 10.6. The molecule has 0 aliphatic heterocycles. The zero-order valence-electron chi connectivity index (χ0n) is 10.8. The fraction of sp³-hybridized carbons (Fsp3) is 0. The van der Waals surface area contributed by atoms with Gasteiger partial charge in [-0.15, -0.1) is 0 Å². The van der Waals surface area contributed by atoms with Crippen LogP contribution in [0.4, 0.5) is 21.5 Å². The molecule has 0 bridgehead atoms. The lowest BCUT2D eigenvalue weighted by Gasteiger charge is -2.03. The number of anilines is 1. The van der Waals surface area contributed by atoms with E-state index in [0.29, 0.717) is 0 Å². The molecule has 0 fully saturated rings. The fourth-order valence-corrected chi connectivity index (χ4v) is 1.87. The molecule has 0 saturated heterocycles. The van der Waals surface area contributed by atoms with Crippen LogP contribution in [0.25, 0.3) is 0 Å². The van der Waals surface area contributed by atoms with E-state index in [1.165, 1.54) is 12.4 Å². The summed E-state index contributed by atoms with van der Waals surface area (Å²) in [4.78, 5) is 17.6. The smallest absolute Gasteiger partial charge is 0.272 e. The van der Waals surface area contributed by atoms with Crippen molar-refractivity contribution in [1.82, 2.24) is 4.98 Å². The minimum atomic E-state index is -0.709. The van der Waals surface area contributed by atoms with Crippen LogP contribution in [-0.2, 0) is 0 Å². The number of pyridine rings is 1. The molecule has 2 N–H and O–H groups in total. The third-order valence-electron chi connectivity index (χ3n) is 2.68. The number of aromatic nitrogens is 1. The number of hydrogen-bond acceptors (Lipinski definition) is 6. The van der Waals surface area contributed by atoms with Crippen molar-refractivity contribution in [3.8, 4) is 6.07 Å². The number of nitrogen functional groups attached to an aromatic ring is 1. The maximum Gasteiger partial charge on any atom is 0.272 e. The Labute approximate surface area is 128 Å². The summed E-state index contributed by atoms with van der Waals surface area (Å²) in [6, 6.07) is 3.89. The first-order valence-corrected chi connectivity index (χ1v) is 6.13. The van der Waals surface area contributed by atoms with Crippen molar-refractivity contribution < 1.29 is 9.31 Å². The zero-order valence-corrected chi connectivity index (χ0v) is 11.6. The summed E-state index contributed by atoms with van der Waals surface area (Å²) in [6.45, 7) is 0. The number of halogens is 2.